The second-order valence-electron chi connectivity index (χ2n) is 4.89. The van der Waals surface area contributed by atoms with Crippen molar-refractivity contribution in [2.75, 3.05) is 19.9 Å². The van der Waals surface area contributed by atoms with Gasteiger partial charge in [0.25, 0.3) is 5.56 Å². The second-order valence-corrected chi connectivity index (χ2v) is 6.73. The average Bonchev–Trinajstić information content (AvgIpc) is 2.72. The number of H-pyrrole nitrogens is 1. The number of aromatic nitrogens is 2. The van der Waals surface area contributed by atoms with E-state index in [1.165, 1.54) is 13.3 Å². The zero-order chi connectivity index (χ0) is 16.5. The molecular weight excluding hydrogens is 318 g/mol. The summed E-state index contributed by atoms with van der Waals surface area (Å²) in [6.07, 6.45) is -1.74. The number of nitrogens with zero attached hydrogens (tertiary/aromatic N) is 1. The summed E-state index contributed by atoms with van der Waals surface area (Å²) in [7, 11) is -2.13. The Morgan fingerprint density at radius 1 is 1.50 bits per heavy atom. The maximum atomic E-state index is 11.8. The molecule has 4 atom stereocenters. The Kier molecular flexibility index (Phi) is 4.82. The Labute approximate surface area is 125 Å². The fourth-order valence-corrected chi connectivity index (χ4v) is 2.69. The molecule has 0 spiro atoms. The van der Waals surface area contributed by atoms with Gasteiger partial charge < -0.3 is 14.6 Å². The van der Waals surface area contributed by atoms with Gasteiger partial charge >= 0.3 is 5.69 Å². The summed E-state index contributed by atoms with van der Waals surface area (Å²) < 4.78 is 36.2. The van der Waals surface area contributed by atoms with Crippen LogP contribution in [0.2, 0.25) is 0 Å². The van der Waals surface area contributed by atoms with Gasteiger partial charge in [0, 0.05) is 25.9 Å². The Bertz CT molecular complexity index is 741. The lowest BCUT2D eigenvalue weighted by atomic mass is 10.1. The van der Waals surface area contributed by atoms with E-state index in [4.69, 9.17) is 9.47 Å². The molecule has 1 aromatic rings. The monoisotopic (exact) mass is 335 g/mol. The number of sulfonamides is 1. The number of aromatic amines is 1. The van der Waals surface area contributed by atoms with E-state index in [0.29, 0.717) is 0 Å². The first-order valence-corrected chi connectivity index (χ1v) is 8.24. The van der Waals surface area contributed by atoms with Gasteiger partial charge in [0.2, 0.25) is 10.0 Å². The number of nitrogens with one attached hydrogen (secondary N) is 2. The van der Waals surface area contributed by atoms with Crippen molar-refractivity contribution in [2.45, 2.75) is 24.5 Å². The molecule has 0 saturated carbocycles. The lowest BCUT2D eigenvalue weighted by Gasteiger charge is -2.19. The van der Waals surface area contributed by atoms with Crippen molar-refractivity contribution in [3.8, 4) is 0 Å². The number of hydrogen-bond acceptors (Lipinski definition) is 7. The van der Waals surface area contributed by atoms with Gasteiger partial charge in [-0.15, -0.1) is 0 Å². The SMILES string of the molecule is CO[C@@H]1[C@H](O)[C@@H](CNS(C)(=O)=O)O[C@H]1n1ccc(=O)[nH]c1=O. The van der Waals surface area contributed by atoms with E-state index < -0.39 is 45.8 Å². The van der Waals surface area contributed by atoms with Gasteiger partial charge in [0.15, 0.2) is 6.23 Å². The largest absolute Gasteiger partial charge is 0.387 e. The number of methoxy groups -OCH3 is 1. The summed E-state index contributed by atoms with van der Waals surface area (Å²) in [4.78, 5) is 25.0. The molecule has 0 amide bonds. The van der Waals surface area contributed by atoms with Crippen molar-refractivity contribution in [1.82, 2.24) is 14.3 Å². The van der Waals surface area contributed by atoms with Crippen LogP contribution in [0.25, 0.3) is 0 Å². The topological polar surface area (TPSA) is 140 Å². The molecule has 2 rings (SSSR count). The Morgan fingerprint density at radius 2 is 2.18 bits per heavy atom. The Morgan fingerprint density at radius 3 is 2.73 bits per heavy atom. The van der Waals surface area contributed by atoms with Crippen LogP contribution in [0.1, 0.15) is 6.23 Å². The zero-order valence-electron chi connectivity index (χ0n) is 11.9. The summed E-state index contributed by atoms with van der Waals surface area (Å²) in [5.74, 6) is 0. The molecular formula is C11H17N3O7S. The third kappa shape index (κ3) is 3.62. The number of aliphatic hydroxyl groups is 1. The highest BCUT2D eigenvalue weighted by atomic mass is 32.2. The highest BCUT2D eigenvalue weighted by Gasteiger charge is 2.45. The van der Waals surface area contributed by atoms with Gasteiger partial charge in [-0.25, -0.2) is 17.9 Å². The minimum atomic E-state index is -3.45. The first-order valence-electron chi connectivity index (χ1n) is 6.35. The average molecular weight is 335 g/mol. The van der Waals surface area contributed by atoms with Gasteiger partial charge in [-0.3, -0.25) is 14.3 Å². The number of aliphatic hydroxyl groups excluding tert-OH is 1. The standard InChI is InChI=1S/C11H17N3O7S/c1-20-9-8(16)6(5-12-22(2,18)19)21-10(9)14-4-3-7(15)13-11(14)17/h3-4,6,8-10,12,16H,5H2,1-2H3,(H,13,15,17)/t6-,8-,9-,10-/m1/s1. The van der Waals surface area contributed by atoms with Crippen molar-refractivity contribution >= 4 is 10.0 Å². The van der Waals surface area contributed by atoms with Crippen LogP contribution in [0.4, 0.5) is 0 Å². The molecule has 1 aliphatic rings. The smallest absolute Gasteiger partial charge is 0.330 e. The van der Waals surface area contributed by atoms with Gasteiger partial charge in [-0.1, -0.05) is 0 Å². The van der Waals surface area contributed by atoms with Gasteiger partial charge in [-0.2, -0.15) is 0 Å². The van der Waals surface area contributed by atoms with Crippen LogP contribution in [-0.4, -0.2) is 61.3 Å². The first-order chi connectivity index (χ1) is 10.2. The first kappa shape index (κ1) is 16.8. The second kappa shape index (κ2) is 6.30. The minimum Gasteiger partial charge on any atom is -0.387 e. The fourth-order valence-electron chi connectivity index (χ4n) is 2.23. The molecule has 10 nitrogen and oxygen atoms in total. The van der Waals surface area contributed by atoms with E-state index in [9.17, 15) is 23.1 Å². The predicted octanol–water partition coefficient (Wildman–Crippen LogP) is -2.64. The van der Waals surface area contributed by atoms with Crippen molar-refractivity contribution in [3.05, 3.63) is 33.1 Å². The van der Waals surface area contributed by atoms with Crippen LogP contribution in [0.3, 0.4) is 0 Å². The highest BCUT2D eigenvalue weighted by Crippen LogP contribution is 2.30. The highest BCUT2D eigenvalue weighted by molar-refractivity contribution is 7.88. The van der Waals surface area contributed by atoms with Crippen LogP contribution in [0, 0.1) is 0 Å². The predicted molar refractivity (Wildman–Crippen MR) is 74.9 cm³/mol. The summed E-state index contributed by atoms with van der Waals surface area (Å²) in [5.41, 5.74) is -1.28. The summed E-state index contributed by atoms with van der Waals surface area (Å²) in [6, 6.07) is 1.13. The number of ether oxygens (including phenoxy) is 2. The molecule has 2 heterocycles. The lowest BCUT2D eigenvalue weighted by Crippen LogP contribution is -2.40. The normalized spacial score (nSPS) is 28.9. The van der Waals surface area contributed by atoms with Crippen molar-refractivity contribution < 1.29 is 23.0 Å². The maximum Gasteiger partial charge on any atom is 0.330 e. The van der Waals surface area contributed by atoms with Crippen LogP contribution >= 0.6 is 0 Å². The molecule has 124 valence electrons. The van der Waals surface area contributed by atoms with Crippen molar-refractivity contribution in [1.29, 1.82) is 0 Å². The van der Waals surface area contributed by atoms with E-state index in [0.717, 1.165) is 16.9 Å². The van der Waals surface area contributed by atoms with E-state index in [1.807, 2.05) is 0 Å². The van der Waals surface area contributed by atoms with E-state index in [1.54, 1.807) is 0 Å². The van der Waals surface area contributed by atoms with Gasteiger partial charge in [0.1, 0.15) is 18.3 Å². The van der Waals surface area contributed by atoms with Crippen molar-refractivity contribution in [2.24, 2.45) is 0 Å². The molecule has 11 heteroatoms. The molecule has 3 N–H and O–H groups in total. The van der Waals surface area contributed by atoms with Crippen LogP contribution in [0.15, 0.2) is 21.9 Å². The maximum absolute atomic E-state index is 11.8. The van der Waals surface area contributed by atoms with Crippen LogP contribution < -0.4 is 16.0 Å². The van der Waals surface area contributed by atoms with Gasteiger partial charge in [0.05, 0.1) is 6.26 Å². The molecule has 0 radical (unpaired) electrons. The molecule has 1 aliphatic heterocycles. The number of rotatable bonds is 5. The minimum absolute atomic E-state index is 0.172. The number of hydrogen-bond donors (Lipinski definition) is 3. The van der Waals surface area contributed by atoms with E-state index >= 15 is 0 Å². The molecule has 0 aliphatic carbocycles. The third-order valence-electron chi connectivity index (χ3n) is 3.26. The lowest BCUT2D eigenvalue weighted by molar-refractivity contribution is -0.0530. The fraction of sp³-hybridized carbons (Fsp3) is 0.636. The molecule has 22 heavy (non-hydrogen) atoms. The molecule has 0 aromatic carbocycles. The summed E-state index contributed by atoms with van der Waals surface area (Å²) >= 11 is 0. The third-order valence-corrected chi connectivity index (χ3v) is 3.95. The molecule has 0 bridgehead atoms. The van der Waals surface area contributed by atoms with Crippen LogP contribution in [0.5, 0.6) is 0 Å². The van der Waals surface area contributed by atoms with E-state index in [2.05, 4.69) is 9.71 Å². The molecule has 1 fully saturated rings. The van der Waals surface area contributed by atoms with Gasteiger partial charge in [-0.05, 0) is 0 Å². The molecule has 0 unspecified atom stereocenters. The summed E-state index contributed by atoms with van der Waals surface area (Å²) in [6.45, 7) is -0.172. The van der Waals surface area contributed by atoms with Crippen LogP contribution in [-0.2, 0) is 19.5 Å². The Balaban J connectivity index is 2.25. The Hall–Kier alpha value is -1.53. The van der Waals surface area contributed by atoms with Crippen molar-refractivity contribution in [3.63, 3.8) is 0 Å². The van der Waals surface area contributed by atoms with E-state index in [-0.39, 0.29) is 6.54 Å². The molecule has 1 saturated heterocycles. The molecule has 1 aromatic heterocycles. The zero-order valence-corrected chi connectivity index (χ0v) is 12.7. The quantitative estimate of drug-likeness (QED) is 0.534. The summed E-state index contributed by atoms with van der Waals surface area (Å²) in [5, 5.41) is 10.2.